The molecular formula is C24H28ClFN2O4. The van der Waals surface area contributed by atoms with Crippen LogP contribution in [0.2, 0.25) is 0 Å². The van der Waals surface area contributed by atoms with Crippen LogP contribution in [0.25, 0.3) is 11.0 Å². The van der Waals surface area contributed by atoms with Crippen molar-refractivity contribution in [3.8, 4) is 11.5 Å². The topological polar surface area (TPSA) is 64.8 Å². The van der Waals surface area contributed by atoms with Crippen LogP contribution >= 0.6 is 12.4 Å². The molecule has 1 aliphatic rings. The van der Waals surface area contributed by atoms with E-state index in [4.69, 9.17) is 18.1 Å². The molecule has 6 nitrogen and oxygen atoms in total. The molecule has 0 saturated carbocycles. The molecule has 1 fully saturated rings. The van der Waals surface area contributed by atoms with Gasteiger partial charge in [-0.15, -0.1) is 12.4 Å². The third kappa shape index (κ3) is 5.40. The Kier molecular flexibility index (Phi) is 6.74. The van der Waals surface area contributed by atoms with Crippen LogP contribution in [0.3, 0.4) is 0 Å². The van der Waals surface area contributed by atoms with E-state index in [1.165, 1.54) is 25.1 Å². The largest absolute Gasteiger partial charge is 0.493 e. The molecule has 1 aliphatic heterocycles. The van der Waals surface area contributed by atoms with Crippen molar-refractivity contribution in [1.82, 2.24) is 10.1 Å². The lowest BCUT2D eigenvalue weighted by Crippen LogP contribution is -2.34. The van der Waals surface area contributed by atoms with Gasteiger partial charge in [-0.25, -0.2) is 4.39 Å². The first kappa shape index (κ1) is 20.0. The Balaban J connectivity index is 0.00000342. The molecule has 2 aromatic carbocycles. The maximum Gasteiger partial charge on any atom is 0.170 e. The van der Waals surface area contributed by atoms with Crippen LogP contribution in [0, 0.1) is 5.82 Å². The Bertz CT molecular complexity index is 1160. The number of methoxy groups -OCH3 is 1. The summed E-state index contributed by atoms with van der Waals surface area (Å²) in [5.41, 5.74) is 1.74. The highest BCUT2D eigenvalue weighted by atomic mass is 35.5. The normalized spacial score (nSPS) is 16.6. The fourth-order valence-electron chi connectivity index (χ4n) is 4.05. The fourth-order valence-corrected chi connectivity index (χ4v) is 4.05. The van der Waals surface area contributed by atoms with Crippen LogP contribution in [-0.4, -0.2) is 49.1 Å². The van der Waals surface area contributed by atoms with Gasteiger partial charge < -0.3 is 18.9 Å². The van der Waals surface area contributed by atoms with Crippen molar-refractivity contribution < 1.29 is 27.3 Å². The molecule has 0 aliphatic carbocycles. The first-order valence-corrected chi connectivity index (χ1v) is 10.4. The van der Waals surface area contributed by atoms with Gasteiger partial charge in [0.2, 0.25) is 0 Å². The van der Waals surface area contributed by atoms with Gasteiger partial charge in [0.1, 0.15) is 5.82 Å². The van der Waals surface area contributed by atoms with Crippen LogP contribution in [0.4, 0.5) is 4.39 Å². The van der Waals surface area contributed by atoms with E-state index >= 15 is 0 Å². The van der Waals surface area contributed by atoms with E-state index in [0.29, 0.717) is 23.5 Å². The summed E-state index contributed by atoms with van der Waals surface area (Å²) in [7, 11) is -2.64. The molecule has 0 amide bonds. The number of carbonyl (C=O) groups is 1. The quantitative estimate of drug-likeness (QED) is 0.334. The van der Waals surface area contributed by atoms with Gasteiger partial charge in [-0.1, -0.05) is 5.16 Å². The number of aromatic nitrogens is 1. The molecular weight excluding hydrogens is 435 g/mol. The zero-order chi connectivity index (χ0) is 24.3. The molecule has 2 heterocycles. The number of likely N-dealkylation sites (tertiary alicyclic amines) is 1. The number of nitrogens with zero attached hydrogens (tertiary/aromatic N) is 2. The maximum atomic E-state index is 13.4. The van der Waals surface area contributed by atoms with Gasteiger partial charge in [0.25, 0.3) is 0 Å². The SMILES string of the molecule is Cl.[2H]C([2H])([2H])Oc1cc(C(C)=O)ccc1OCCCN1CCC(c2noc3cc(F)ccc23)CC1. The summed E-state index contributed by atoms with van der Waals surface area (Å²) in [6.07, 6.45) is 2.62. The first-order chi connectivity index (χ1) is 16.2. The van der Waals surface area contributed by atoms with Crippen molar-refractivity contribution in [2.24, 2.45) is 0 Å². The zero-order valence-corrected chi connectivity index (χ0v) is 18.6. The van der Waals surface area contributed by atoms with Crippen LogP contribution in [0.15, 0.2) is 40.9 Å². The van der Waals surface area contributed by atoms with Gasteiger partial charge >= 0.3 is 0 Å². The van der Waals surface area contributed by atoms with E-state index in [-0.39, 0.29) is 35.7 Å². The van der Waals surface area contributed by atoms with Crippen molar-refractivity contribution in [3.05, 3.63) is 53.5 Å². The monoisotopic (exact) mass is 465 g/mol. The van der Waals surface area contributed by atoms with Gasteiger partial charge in [-0.2, -0.15) is 0 Å². The van der Waals surface area contributed by atoms with Crippen molar-refractivity contribution in [1.29, 1.82) is 0 Å². The number of fused-ring (bicyclic) bond motifs is 1. The Morgan fingerprint density at radius 1 is 1.25 bits per heavy atom. The summed E-state index contributed by atoms with van der Waals surface area (Å²) in [6.45, 7) is 4.43. The van der Waals surface area contributed by atoms with Gasteiger partial charge in [0, 0.05) is 29.5 Å². The number of rotatable bonds is 8. The number of piperidine rings is 1. The number of benzene rings is 2. The number of carbonyl (C=O) groups excluding carboxylic acids is 1. The summed E-state index contributed by atoms with van der Waals surface area (Å²) in [6, 6.07) is 9.09. The molecule has 3 aromatic rings. The highest BCUT2D eigenvalue weighted by molar-refractivity contribution is 5.94. The van der Waals surface area contributed by atoms with Crippen LogP contribution in [-0.2, 0) is 0 Å². The summed E-state index contributed by atoms with van der Waals surface area (Å²) in [4.78, 5) is 14.0. The molecule has 0 radical (unpaired) electrons. The second-order valence-corrected chi connectivity index (χ2v) is 7.85. The molecule has 4 rings (SSSR count). The number of ether oxygens (including phenoxy) is 2. The third-order valence-electron chi connectivity index (χ3n) is 5.77. The second-order valence-electron chi connectivity index (χ2n) is 7.85. The fraction of sp³-hybridized carbons (Fsp3) is 0.417. The Morgan fingerprint density at radius 3 is 2.81 bits per heavy atom. The zero-order valence-electron chi connectivity index (χ0n) is 20.8. The maximum absolute atomic E-state index is 13.4. The minimum Gasteiger partial charge on any atom is -0.493 e. The summed E-state index contributed by atoms with van der Waals surface area (Å²) < 4.78 is 51.6. The van der Waals surface area contributed by atoms with Gasteiger partial charge in [0.15, 0.2) is 22.9 Å². The lowest BCUT2D eigenvalue weighted by Gasteiger charge is -2.31. The summed E-state index contributed by atoms with van der Waals surface area (Å²) in [5, 5.41) is 5.07. The molecule has 1 saturated heterocycles. The highest BCUT2D eigenvalue weighted by Crippen LogP contribution is 2.33. The minimum absolute atomic E-state index is 0. The molecule has 0 spiro atoms. The van der Waals surface area contributed by atoms with Crippen molar-refractivity contribution in [2.75, 3.05) is 33.3 Å². The predicted octanol–water partition coefficient (Wildman–Crippen LogP) is 5.25. The number of hydrogen-bond donors (Lipinski definition) is 0. The molecule has 8 heteroatoms. The predicted molar refractivity (Wildman–Crippen MR) is 123 cm³/mol. The molecule has 0 atom stereocenters. The van der Waals surface area contributed by atoms with Crippen LogP contribution in [0.1, 0.15) is 52.3 Å². The van der Waals surface area contributed by atoms with E-state index in [1.54, 1.807) is 18.2 Å². The number of Topliss-reactive ketones (excluding diaryl/α,β-unsaturated/α-hetero) is 1. The number of ketones is 1. The average Bonchev–Trinajstić information content (AvgIpc) is 3.19. The van der Waals surface area contributed by atoms with Crippen LogP contribution in [0.5, 0.6) is 11.5 Å². The molecule has 32 heavy (non-hydrogen) atoms. The number of halogens is 2. The van der Waals surface area contributed by atoms with Crippen molar-refractivity contribution >= 4 is 29.2 Å². The number of hydrogen-bond acceptors (Lipinski definition) is 6. The Morgan fingerprint density at radius 2 is 2.06 bits per heavy atom. The van der Waals surface area contributed by atoms with Gasteiger partial charge in [-0.05, 0) is 69.6 Å². The Labute approximate surface area is 197 Å². The van der Waals surface area contributed by atoms with E-state index in [1.807, 2.05) is 0 Å². The summed E-state index contributed by atoms with van der Waals surface area (Å²) >= 11 is 0. The smallest absolute Gasteiger partial charge is 0.170 e. The van der Waals surface area contributed by atoms with E-state index < -0.39 is 7.04 Å². The highest BCUT2D eigenvalue weighted by Gasteiger charge is 2.25. The lowest BCUT2D eigenvalue weighted by atomic mass is 9.91. The van der Waals surface area contributed by atoms with Crippen LogP contribution < -0.4 is 9.47 Å². The van der Waals surface area contributed by atoms with Gasteiger partial charge in [-0.3, -0.25) is 4.79 Å². The van der Waals surface area contributed by atoms with E-state index in [0.717, 1.165) is 50.0 Å². The van der Waals surface area contributed by atoms with Crippen molar-refractivity contribution in [2.45, 2.75) is 32.1 Å². The molecule has 172 valence electrons. The molecule has 0 unspecified atom stereocenters. The standard InChI is InChI=1S/C24H27FN2O4.ClH/c1-16(28)18-4-7-21(23(14-18)29-2)30-13-3-10-27-11-8-17(9-12-27)24-20-6-5-19(25)15-22(20)31-26-24;/h4-7,14-15,17H,3,8-13H2,1-2H3;1H/i2D3;. The Hall–Kier alpha value is -2.64. The lowest BCUT2D eigenvalue weighted by molar-refractivity contribution is 0.101. The minimum atomic E-state index is -2.64. The molecule has 1 aromatic heterocycles. The van der Waals surface area contributed by atoms with E-state index in [9.17, 15) is 9.18 Å². The molecule has 0 N–H and O–H groups in total. The van der Waals surface area contributed by atoms with E-state index in [2.05, 4.69) is 10.1 Å². The van der Waals surface area contributed by atoms with Crippen molar-refractivity contribution in [3.63, 3.8) is 0 Å². The average molecular weight is 466 g/mol. The van der Waals surface area contributed by atoms with Gasteiger partial charge in [0.05, 0.1) is 23.5 Å². The summed E-state index contributed by atoms with van der Waals surface area (Å²) in [5.74, 6) is 0.0938. The third-order valence-corrected chi connectivity index (χ3v) is 5.77. The second kappa shape index (κ2) is 10.8. The first-order valence-electron chi connectivity index (χ1n) is 11.9. The molecule has 0 bridgehead atoms.